The number of carbonyl (C=O) groups excluding carboxylic acids is 1. The van der Waals surface area contributed by atoms with Crippen LogP contribution in [0.1, 0.15) is 35.8 Å². The lowest BCUT2D eigenvalue weighted by molar-refractivity contribution is 0.101. The summed E-state index contributed by atoms with van der Waals surface area (Å²) in [6, 6.07) is 0.946. The summed E-state index contributed by atoms with van der Waals surface area (Å²) in [7, 11) is 0. The van der Waals surface area contributed by atoms with Crippen LogP contribution in [0.15, 0.2) is 6.07 Å². The summed E-state index contributed by atoms with van der Waals surface area (Å²) in [5.74, 6) is -0.538. The van der Waals surface area contributed by atoms with Crippen LogP contribution in [0.25, 0.3) is 0 Å². The van der Waals surface area contributed by atoms with Crippen LogP contribution in [0, 0.1) is 5.82 Å². The number of halogens is 2. The van der Waals surface area contributed by atoms with Gasteiger partial charge in [0.2, 0.25) is 0 Å². The van der Waals surface area contributed by atoms with Crippen LogP contribution in [0.4, 0.5) is 4.39 Å². The third kappa shape index (κ3) is 2.73. The van der Waals surface area contributed by atoms with E-state index in [0.29, 0.717) is 19.9 Å². The Morgan fingerprint density at radius 3 is 2.95 bits per heavy atom. The summed E-state index contributed by atoms with van der Waals surface area (Å²) < 4.78 is 24.9. The van der Waals surface area contributed by atoms with Crippen molar-refractivity contribution in [2.45, 2.75) is 19.9 Å². The van der Waals surface area contributed by atoms with Crippen molar-refractivity contribution in [1.82, 2.24) is 5.32 Å². The number of hydrogen-bond acceptors (Lipinski definition) is 4. The molecule has 1 heterocycles. The molecule has 1 atom stereocenters. The standard InChI is InChI=1S/C13H15ClFNO3/c1-3-19-13-8(7(2)17)4-9(14)12(15)11(13)10-5-18-6-16-10/h4,10,16H,3,5-6H2,1-2H3. The summed E-state index contributed by atoms with van der Waals surface area (Å²) in [6.45, 7) is 4.15. The van der Waals surface area contributed by atoms with Crippen molar-refractivity contribution in [3.63, 3.8) is 0 Å². The van der Waals surface area contributed by atoms with Crippen LogP contribution in [0.2, 0.25) is 5.02 Å². The highest BCUT2D eigenvalue weighted by atomic mass is 35.5. The summed E-state index contributed by atoms with van der Waals surface area (Å²) in [5.41, 5.74) is 0.550. The van der Waals surface area contributed by atoms with Crippen molar-refractivity contribution in [1.29, 1.82) is 0 Å². The first-order valence-corrected chi connectivity index (χ1v) is 6.40. The van der Waals surface area contributed by atoms with Gasteiger partial charge in [-0.3, -0.25) is 10.1 Å². The molecule has 1 N–H and O–H groups in total. The Morgan fingerprint density at radius 1 is 1.68 bits per heavy atom. The second-order valence-electron chi connectivity index (χ2n) is 4.22. The van der Waals surface area contributed by atoms with E-state index in [-0.39, 0.29) is 33.7 Å². The molecule has 6 heteroatoms. The first-order chi connectivity index (χ1) is 9.06. The average Bonchev–Trinajstić information content (AvgIpc) is 2.87. The van der Waals surface area contributed by atoms with Gasteiger partial charge in [-0.2, -0.15) is 0 Å². The number of rotatable bonds is 4. The van der Waals surface area contributed by atoms with Gasteiger partial charge in [-0.15, -0.1) is 0 Å². The summed E-state index contributed by atoms with van der Waals surface area (Å²) in [4.78, 5) is 11.7. The van der Waals surface area contributed by atoms with Gasteiger partial charge < -0.3 is 9.47 Å². The highest BCUT2D eigenvalue weighted by molar-refractivity contribution is 6.31. The molecule has 1 saturated heterocycles. The molecule has 0 saturated carbocycles. The summed E-state index contributed by atoms with van der Waals surface area (Å²) in [6.07, 6.45) is 0. The minimum Gasteiger partial charge on any atom is -0.493 e. The van der Waals surface area contributed by atoms with Crippen LogP contribution < -0.4 is 10.1 Å². The Hall–Kier alpha value is -1.17. The second-order valence-corrected chi connectivity index (χ2v) is 4.63. The van der Waals surface area contributed by atoms with Gasteiger partial charge in [0.15, 0.2) is 5.78 Å². The number of carbonyl (C=O) groups is 1. The van der Waals surface area contributed by atoms with Crippen LogP contribution in [-0.4, -0.2) is 25.7 Å². The van der Waals surface area contributed by atoms with E-state index in [0.717, 1.165) is 0 Å². The van der Waals surface area contributed by atoms with E-state index in [2.05, 4.69) is 5.32 Å². The Bertz CT molecular complexity index is 501. The molecule has 1 aromatic carbocycles. The molecule has 0 bridgehead atoms. The van der Waals surface area contributed by atoms with Gasteiger partial charge in [0, 0.05) is 0 Å². The van der Waals surface area contributed by atoms with Crippen LogP contribution in [0.5, 0.6) is 5.75 Å². The molecule has 4 nitrogen and oxygen atoms in total. The predicted octanol–water partition coefficient (Wildman–Crippen LogP) is 2.70. The molecular weight excluding hydrogens is 273 g/mol. The zero-order valence-electron chi connectivity index (χ0n) is 10.8. The number of nitrogens with one attached hydrogen (secondary N) is 1. The van der Waals surface area contributed by atoms with Gasteiger partial charge in [-0.1, -0.05) is 11.6 Å². The lowest BCUT2D eigenvalue weighted by Gasteiger charge is -2.19. The largest absolute Gasteiger partial charge is 0.493 e. The number of Topliss-reactive ketones (excluding diaryl/α,β-unsaturated/α-hetero) is 1. The quantitative estimate of drug-likeness (QED) is 0.865. The maximum absolute atomic E-state index is 14.3. The van der Waals surface area contributed by atoms with E-state index in [9.17, 15) is 9.18 Å². The summed E-state index contributed by atoms with van der Waals surface area (Å²) in [5, 5.41) is 2.91. The van der Waals surface area contributed by atoms with Crippen LogP contribution >= 0.6 is 11.6 Å². The Kier molecular flexibility index (Phi) is 4.39. The molecule has 0 aromatic heterocycles. The van der Waals surface area contributed by atoms with Gasteiger partial charge in [0.1, 0.15) is 11.6 Å². The molecule has 0 radical (unpaired) electrons. The van der Waals surface area contributed by atoms with E-state index in [1.165, 1.54) is 13.0 Å². The zero-order valence-corrected chi connectivity index (χ0v) is 11.5. The Labute approximate surface area is 115 Å². The molecule has 1 fully saturated rings. The number of ether oxygens (including phenoxy) is 2. The first-order valence-electron chi connectivity index (χ1n) is 6.03. The molecule has 0 amide bonds. The molecular formula is C13H15ClFNO3. The SMILES string of the molecule is CCOc1c(C(C)=O)cc(Cl)c(F)c1C1COCN1. The fourth-order valence-corrected chi connectivity index (χ4v) is 2.29. The van der Waals surface area contributed by atoms with Gasteiger partial charge in [-0.25, -0.2) is 4.39 Å². The normalized spacial score (nSPS) is 18.6. The number of benzene rings is 1. The molecule has 1 aliphatic rings. The van der Waals surface area contributed by atoms with Crippen LogP contribution in [-0.2, 0) is 4.74 Å². The highest BCUT2D eigenvalue weighted by Gasteiger charge is 2.29. The molecule has 19 heavy (non-hydrogen) atoms. The van der Waals surface area contributed by atoms with Gasteiger partial charge in [0.25, 0.3) is 0 Å². The van der Waals surface area contributed by atoms with Crippen molar-refractivity contribution < 1.29 is 18.7 Å². The number of ketones is 1. The molecule has 104 valence electrons. The van der Waals surface area contributed by atoms with Gasteiger partial charge in [-0.05, 0) is 19.9 Å². The lowest BCUT2D eigenvalue weighted by Crippen LogP contribution is -2.19. The van der Waals surface area contributed by atoms with E-state index < -0.39 is 5.82 Å². The minimum atomic E-state index is -0.571. The molecule has 1 unspecified atom stereocenters. The highest BCUT2D eigenvalue weighted by Crippen LogP contribution is 2.37. The van der Waals surface area contributed by atoms with Crippen molar-refractivity contribution >= 4 is 17.4 Å². The lowest BCUT2D eigenvalue weighted by atomic mass is 10.00. The fourth-order valence-electron chi connectivity index (χ4n) is 2.08. The average molecular weight is 288 g/mol. The van der Waals surface area contributed by atoms with Crippen LogP contribution in [0.3, 0.4) is 0 Å². The fraction of sp³-hybridized carbons (Fsp3) is 0.462. The van der Waals surface area contributed by atoms with Crippen molar-refractivity contribution in [2.24, 2.45) is 0 Å². The first kappa shape index (κ1) is 14.2. The minimum absolute atomic E-state index is 0.0858. The third-order valence-corrected chi connectivity index (χ3v) is 3.21. The maximum Gasteiger partial charge on any atom is 0.163 e. The maximum atomic E-state index is 14.3. The van der Waals surface area contributed by atoms with E-state index >= 15 is 0 Å². The van der Waals surface area contributed by atoms with Gasteiger partial charge in [0.05, 0.1) is 42.1 Å². The smallest absolute Gasteiger partial charge is 0.163 e. The Morgan fingerprint density at radius 2 is 2.42 bits per heavy atom. The topological polar surface area (TPSA) is 47.6 Å². The van der Waals surface area contributed by atoms with Gasteiger partial charge >= 0.3 is 0 Å². The third-order valence-electron chi connectivity index (χ3n) is 2.94. The molecule has 0 aliphatic carbocycles. The summed E-state index contributed by atoms with van der Waals surface area (Å²) >= 11 is 5.86. The van der Waals surface area contributed by atoms with Crippen molar-refractivity contribution in [3.8, 4) is 5.75 Å². The van der Waals surface area contributed by atoms with E-state index in [4.69, 9.17) is 21.1 Å². The molecule has 1 aliphatic heterocycles. The predicted molar refractivity (Wildman–Crippen MR) is 69.3 cm³/mol. The second kappa shape index (κ2) is 5.86. The van der Waals surface area contributed by atoms with E-state index in [1.807, 2.05) is 0 Å². The molecule has 2 rings (SSSR count). The monoisotopic (exact) mass is 287 g/mol. The van der Waals surface area contributed by atoms with Crippen molar-refractivity contribution in [2.75, 3.05) is 19.9 Å². The molecule has 1 aromatic rings. The number of hydrogen-bond donors (Lipinski definition) is 1. The Balaban J connectivity index is 2.62. The zero-order chi connectivity index (χ0) is 14.0. The van der Waals surface area contributed by atoms with E-state index in [1.54, 1.807) is 6.92 Å². The van der Waals surface area contributed by atoms with Crippen molar-refractivity contribution in [3.05, 3.63) is 28.0 Å². The molecule has 0 spiro atoms.